The minimum Gasteiger partial charge on any atom is -1.00 e. The van der Waals surface area contributed by atoms with E-state index in [1.807, 2.05) is 0 Å². The zero-order valence-electron chi connectivity index (χ0n) is 8.15. The summed E-state index contributed by atoms with van der Waals surface area (Å²) in [6, 6.07) is 0. The summed E-state index contributed by atoms with van der Waals surface area (Å²) in [7, 11) is 0. The number of rotatable bonds is 2. The van der Waals surface area contributed by atoms with Gasteiger partial charge < -0.3 is 11.5 Å². The summed E-state index contributed by atoms with van der Waals surface area (Å²) in [6.07, 6.45) is -4.42. The molecule has 1 N–H and O–H groups in total. The molecule has 0 aromatic rings. The van der Waals surface area contributed by atoms with Crippen LogP contribution in [0, 0.1) is 5.92 Å². The summed E-state index contributed by atoms with van der Waals surface area (Å²) >= 11 is 0. The molecule has 72 valence electrons. The normalized spacial score (nSPS) is 17.2. The van der Waals surface area contributed by atoms with E-state index in [9.17, 15) is 18.0 Å². The molecule has 0 bridgehead atoms. The first-order valence-corrected chi connectivity index (χ1v) is 3.43. The van der Waals surface area contributed by atoms with Gasteiger partial charge in [0, 0.05) is 13.1 Å². The van der Waals surface area contributed by atoms with Gasteiger partial charge in [-0.05, 0) is 0 Å². The maximum Gasteiger partial charge on any atom is 1.00 e. The van der Waals surface area contributed by atoms with E-state index in [2.05, 4.69) is 10.1 Å². The molecular weight excluding hydrogens is 198 g/mol. The Balaban J connectivity index is 0. The Labute approximate surface area is 96.8 Å². The molecule has 0 spiro atoms. The quantitative estimate of drug-likeness (QED) is 0.399. The fraction of sp³-hybridized carbons (Fsp3) is 0.833. The number of nitrogens with one attached hydrogen (secondary N) is 1. The molecule has 1 fully saturated rings. The molecule has 0 aromatic heterocycles. The van der Waals surface area contributed by atoms with Crippen molar-refractivity contribution in [2.75, 3.05) is 19.7 Å². The Hall–Kier alpha value is 0.220. The largest absolute Gasteiger partial charge is 1.00 e. The van der Waals surface area contributed by atoms with Gasteiger partial charge in [-0.25, -0.2) is 0 Å². The molecule has 3 nitrogen and oxygen atoms in total. The first-order valence-electron chi connectivity index (χ1n) is 3.43. The predicted octanol–water partition coefficient (Wildman–Crippen LogP) is -2.57. The van der Waals surface area contributed by atoms with Crippen LogP contribution in [0.1, 0.15) is 1.43 Å². The Morgan fingerprint density at radius 1 is 1.54 bits per heavy atom. The third kappa shape index (κ3) is 4.85. The number of carbonyl (C=O) groups is 1. The van der Waals surface area contributed by atoms with Crippen molar-refractivity contribution in [3.8, 4) is 0 Å². The van der Waals surface area contributed by atoms with Crippen molar-refractivity contribution in [3.63, 3.8) is 0 Å². The molecule has 0 radical (unpaired) electrons. The fourth-order valence-corrected chi connectivity index (χ4v) is 0.726. The number of carbonyl (C=O) groups excluding carboxylic acids is 1. The molecule has 0 atom stereocenters. The third-order valence-electron chi connectivity index (χ3n) is 1.49. The summed E-state index contributed by atoms with van der Waals surface area (Å²) in [4.78, 5) is 10.7. The van der Waals surface area contributed by atoms with Gasteiger partial charge in [-0.2, -0.15) is 13.2 Å². The Morgan fingerprint density at radius 3 is 2.38 bits per heavy atom. The van der Waals surface area contributed by atoms with E-state index in [4.69, 9.17) is 0 Å². The van der Waals surface area contributed by atoms with Crippen molar-refractivity contribution in [1.82, 2.24) is 5.32 Å². The summed E-state index contributed by atoms with van der Waals surface area (Å²) in [5.74, 6) is -1.17. The molecule has 1 aliphatic heterocycles. The number of hydrogen-bond donors (Lipinski definition) is 1. The Morgan fingerprint density at radius 2 is 2.08 bits per heavy atom. The van der Waals surface area contributed by atoms with Crippen molar-refractivity contribution < 1.29 is 53.7 Å². The number of alkyl halides is 3. The summed E-state index contributed by atoms with van der Waals surface area (Å²) in [5.41, 5.74) is 0. The van der Waals surface area contributed by atoms with Crippen molar-refractivity contribution in [2.45, 2.75) is 6.18 Å². The van der Waals surface area contributed by atoms with Gasteiger partial charge in [0.15, 0.2) is 6.61 Å². The molecule has 0 unspecified atom stereocenters. The molecule has 0 saturated carbocycles. The standard InChI is InChI=1S/C6H8F3NO2.Na.H/c7-6(8,9)3-12-5(11)4-1-10-2-4;;/h4,10H,1-3H2;;/q;+1;-1. The Bertz CT molecular complexity index is 186. The van der Waals surface area contributed by atoms with Crippen molar-refractivity contribution in [3.05, 3.63) is 0 Å². The molecule has 1 aliphatic rings. The van der Waals surface area contributed by atoms with Crippen LogP contribution in [-0.4, -0.2) is 31.8 Å². The SMILES string of the molecule is O=C(OCC(F)(F)F)C1CNC1.[H-].[Na+]. The second-order valence-corrected chi connectivity index (χ2v) is 2.58. The second-order valence-electron chi connectivity index (χ2n) is 2.58. The van der Waals surface area contributed by atoms with E-state index in [0.717, 1.165) is 0 Å². The third-order valence-corrected chi connectivity index (χ3v) is 1.49. The van der Waals surface area contributed by atoms with E-state index in [-0.39, 0.29) is 31.0 Å². The van der Waals surface area contributed by atoms with Gasteiger partial charge in [-0.3, -0.25) is 4.79 Å². The number of halogens is 3. The molecule has 0 aliphatic carbocycles. The summed E-state index contributed by atoms with van der Waals surface area (Å²) < 4.78 is 38.5. The van der Waals surface area contributed by atoms with Gasteiger partial charge in [-0.15, -0.1) is 0 Å². The Kier molecular flexibility index (Phi) is 5.28. The van der Waals surface area contributed by atoms with E-state index < -0.39 is 24.7 Å². The molecule has 0 aromatic carbocycles. The second kappa shape index (κ2) is 5.19. The summed E-state index contributed by atoms with van der Waals surface area (Å²) in [6.45, 7) is -0.657. The van der Waals surface area contributed by atoms with Crippen molar-refractivity contribution >= 4 is 5.97 Å². The van der Waals surface area contributed by atoms with Crippen LogP contribution in [0.2, 0.25) is 0 Å². The van der Waals surface area contributed by atoms with Crippen LogP contribution in [-0.2, 0) is 9.53 Å². The zero-order chi connectivity index (χ0) is 9.19. The molecular formula is C6H9F3NNaO2. The first-order chi connectivity index (χ1) is 5.49. The average Bonchev–Trinajstić information content (AvgIpc) is 1.78. The van der Waals surface area contributed by atoms with Crippen LogP contribution in [0.3, 0.4) is 0 Å². The first kappa shape index (κ1) is 13.2. The number of hydrogen-bond acceptors (Lipinski definition) is 3. The van der Waals surface area contributed by atoms with Crippen LogP contribution in [0.4, 0.5) is 13.2 Å². The predicted molar refractivity (Wildman–Crippen MR) is 34.5 cm³/mol. The van der Waals surface area contributed by atoms with E-state index in [0.29, 0.717) is 13.1 Å². The van der Waals surface area contributed by atoms with Crippen LogP contribution in [0.5, 0.6) is 0 Å². The van der Waals surface area contributed by atoms with Crippen LogP contribution in [0.25, 0.3) is 0 Å². The molecule has 13 heavy (non-hydrogen) atoms. The van der Waals surface area contributed by atoms with Gasteiger partial charge >= 0.3 is 41.7 Å². The van der Waals surface area contributed by atoms with E-state index in [1.165, 1.54) is 0 Å². The average molecular weight is 207 g/mol. The smallest absolute Gasteiger partial charge is 1.00 e. The molecule has 1 heterocycles. The van der Waals surface area contributed by atoms with Crippen molar-refractivity contribution in [2.24, 2.45) is 5.92 Å². The van der Waals surface area contributed by atoms with Crippen LogP contribution in [0.15, 0.2) is 0 Å². The van der Waals surface area contributed by atoms with Gasteiger partial charge in [0.2, 0.25) is 0 Å². The fourth-order valence-electron chi connectivity index (χ4n) is 0.726. The topological polar surface area (TPSA) is 38.3 Å². The van der Waals surface area contributed by atoms with Crippen LogP contribution >= 0.6 is 0 Å². The molecule has 1 saturated heterocycles. The maximum atomic E-state index is 11.5. The van der Waals surface area contributed by atoms with Gasteiger partial charge in [0.25, 0.3) is 0 Å². The summed E-state index contributed by atoms with van der Waals surface area (Å²) in [5, 5.41) is 2.76. The van der Waals surface area contributed by atoms with E-state index in [1.54, 1.807) is 0 Å². The van der Waals surface area contributed by atoms with E-state index >= 15 is 0 Å². The van der Waals surface area contributed by atoms with Gasteiger partial charge in [0.05, 0.1) is 5.92 Å². The van der Waals surface area contributed by atoms with Crippen molar-refractivity contribution in [1.29, 1.82) is 0 Å². The number of esters is 1. The van der Waals surface area contributed by atoms with Crippen LogP contribution < -0.4 is 34.9 Å². The van der Waals surface area contributed by atoms with Gasteiger partial charge in [0.1, 0.15) is 0 Å². The minimum absolute atomic E-state index is 0. The zero-order valence-corrected chi connectivity index (χ0v) is 9.15. The number of ether oxygens (including phenoxy) is 1. The maximum absolute atomic E-state index is 11.5. The molecule has 1 rings (SSSR count). The molecule has 7 heteroatoms. The monoisotopic (exact) mass is 207 g/mol. The van der Waals surface area contributed by atoms with Gasteiger partial charge in [-0.1, -0.05) is 0 Å². The minimum atomic E-state index is -4.42. The molecule has 0 amide bonds.